The van der Waals surface area contributed by atoms with Crippen LogP contribution in [0.4, 0.5) is 0 Å². The maximum atomic E-state index is 5.52. The van der Waals surface area contributed by atoms with Crippen molar-refractivity contribution in [3.63, 3.8) is 0 Å². The topological polar surface area (TPSA) is 62.4 Å². The predicted molar refractivity (Wildman–Crippen MR) is 66.6 cm³/mol. The molecule has 0 spiro atoms. The molecule has 0 aliphatic rings. The molecule has 0 rings (SSSR count). The quantitative estimate of drug-likeness (QED) is 0.261. The van der Waals surface area contributed by atoms with Gasteiger partial charge in [-0.3, -0.25) is 4.99 Å². The van der Waals surface area contributed by atoms with Gasteiger partial charge in [0.1, 0.15) is 0 Å². The van der Waals surface area contributed by atoms with Gasteiger partial charge in [-0.2, -0.15) is 0 Å². The summed E-state index contributed by atoms with van der Waals surface area (Å²) in [5.74, 6) is 0.432. The summed E-state index contributed by atoms with van der Waals surface area (Å²) in [6.07, 6.45) is 7.72. The van der Waals surface area contributed by atoms with Gasteiger partial charge < -0.3 is 16.4 Å². The highest BCUT2D eigenvalue weighted by Crippen LogP contribution is 1.88. The number of guanidine groups is 1. The summed E-state index contributed by atoms with van der Waals surface area (Å²) >= 11 is 0. The van der Waals surface area contributed by atoms with E-state index in [4.69, 9.17) is 5.73 Å². The van der Waals surface area contributed by atoms with Crippen molar-refractivity contribution in [3.8, 4) is 0 Å². The molecule has 0 aromatic carbocycles. The Kier molecular flexibility index (Phi) is 7.86. The third kappa shape index (κ3) is 7.37. The summed E-state index contributed by atoms with van der Waals surface area (Å²) in [6.45, 7) is 6.97. The lowest BCUT2D eigenvalue weighted by Gasteiger charge is -2.10. The molecule has 0 radical (unpaired) electrons. The Morgan fingerprint density at radius 1 is 1.47 bits per heavy atom. The SMILES string of the molecule is C=CCN/C(=C\C=C/C)CNC(N)=NC. The van der Waals surface area contributed by atoms with Gasteiger partial charge in [-0.1, -0.05) is 18.2 Å². The van der Waals surface area contributed by atoms with Gasteiger partial charge in [0.2, 0.25) is 0 Å². The third-order valence-corrected chi connectivity index (χ3v) is 1.66. The fourth-order valence-corrected chi connectivity index (χ4v) is 0.861. The molecule has 4 nitrogen and oxygen atoms in total. The molecule has 0 atom stereocenters. The Morgan fingerprint density at radius 2 is 2.20 bits per heavy atom. The Bertz CT molecular complexity index is 264. The van der Waals surface area contributed by atoms with Crippen molar-refractivity contribution in [3.05, 3.63) is 36.6 Å². The lowest BCUT2D eigenvalue weighted by atomic mass is 10.3. The van der Waals surface area contributed by atoms with Crippen LogP contribution in [0.3, 0.4) is 0 Å². The minimum absolute atomic E-state index is 0.432. The van der Waals surface area contributed by atoms with E-state index >= 15 is 0 Å². The van der Waals surface area contributed by atoms with E-state index < -0.39 is 0 Å². The van der Waals surface area contributed by atoms with Crippen LogP contribution in [0.1, 0.15) is 6.92 Å². The summed E-state index contributed by atoms with van der Waals surface area (Å²) in [7, 11) is 1.65. The van der Waals surface area contributed by atoms with E-state index in [1.807, 2.05) is 25.2 Å². The Morgan fingerprint density at radius 3 is 2.73 bits per heavy atom. The summed E-state index contributed by atoms with van der Waals surface area (Å²) in [6, 6.07) is 0. The first-order valence-electron chi connectivity index (χ1n) is 4.87. The average molecular weight is 208 g/mol. The number of hydrogen-bond acceptors (Lipinski definition) is 2. The number of allylic oxidation sites excluding steroid dienone is 3. The molecule has 0 fully saturated rings. The van der Waals surface area contributed by atoms with Crippen LogP contribution in [-0.4, -0.2) is 26.1 Å². The normalized spacial score (nSPS) is 12.9. The first-order chi connectivity index (χ1) is 7.24. The Hall–Kier alpha value is -1.71. The van der Waals surface area contributed by atoms with E-state index in [1.165, 1.54) is 0 Å². The minimum Gasteiger partial charge on any atom is -0.383 e. The van der Waals surface area contributed by atoms with Crippen molar-refractivity contribution in [2.24, 2.45) is 10.7 Å². The van der Waals surface area contributed by atoms with Crippen molar-refractivity contribution < 1.29 is 0 Å². The van der Waals surface area contributed by atoms with Crippen molar-refractivity contribution in [2.75, 3.05) is 20.1 Å². The molecule has 0 amide bonds. The number of hydrogen-bond donors (Lipinski definition) is 3. The third-order valence-electron chi connectivity index (χ3n) is 1.66. The van der Waals surface area contributed by atoms with Gasteiger partial charge in [-0.15, -0.1) is 6.58 Å². The molecule has 0 heterocycles. The van der Waals surface area contributed by atoms with E-state index in [2.05, 4.69) is 22.2 Å². The molecule has 4 N–H and O–H groups in total. The zero-order valence-electron chi connectivity index (χ0n) is 9.46. The van der Waals surface area contributed by atoms with E-state index in [1.54, 1.807) is 13.1 Å². The molecule has 0 aliphatic heterocycles. The number of rotatable bonds is 6. The lowest BCUT2D eigenvalue weighted by Crippen LogP contribution is -2.35. The molecule has 0 unspecified atom stereocenters. The molecular formula is C11H20N4. The van der Waals surface area contributed by atoms with Gasteiger partial charge in [0.25, 0.3) is 0 Å². The van der Waals surface area contributed by atoms with Crippen molar-refractivity contribution in [2.45, 2.75) is 6.92 Å². The molecule has 0 aliphatic carbocycles. The molecule has 84 valence electrons. The Balaban J connectivity index is 4.18. The molecule has 0 aromatic rings. The highest BCUT2D eigenvalue weighted by Gasteiger charge is 1.94. The zero-order valence-corrected chi connectivity index (χ0v) is 9.46. The van der Waals surface area contributed by atoms with Crippen LogP contribution in [0.15, 0.2) is 41.6 Å². The standard InChI is InChI=1S/C11H20N4/c1-4-6-7-10(14-8-5-2)9-15-11(12)13-3/h4-7,14H,2,8-9H2,1,3H3,(H3,12,13,15)/b6-4-,10-7-. The zero-order chi connectivity index (χ0) is 11.5. The van der Waals surface area contributed by atoms with Gasteiger partial charge in [0, 0.05) is 19.3 Å². The minimum atomic E-state index is 0.432. The number of nitrogens with two attached hydrogens (primary N) is 1. The van der Waals surface area contributed by atoms with Crippen LogP contribution >= 0.6 is 0 Å². The van der Waals surface area contributed by atoms with E-state index in [0.29, 0.717) is 12.5 Å². The first-order valence-corrected chi connectivity index (χ1v) is 4.87. The second kappa shape index (κ2) is 8.87. The molecule has 0 aromatic heterocycles. The van der Waals surface area contributed by atoms with E-state index in [-0.39, 0.29) is 0 Å². The van der Waals surface area contributed by atoms with Crippen LogP contribution in [0.25, 0.3) is 0 Å². The molecular weight excluding hydrogens is 188 g/mol. The summed E-state index contributed by atoms with van der Waals surface area (Å²) < 4.78 is 0. The Labute approximate surface area is 91.7 Å². The van der Waals surface area contributed by atoms with Crippen LogP contribution in [0, 0.1) is 0 Å². The number of nitrogens with zero attached hydrogens (tertiary/aromatic N) is 1. The molecule has 0 saturated carbocycles. The summed E-state index contributed by atoms with van der Waals surface area (Å²) in [5, 5.41) is 6.18. The fraction of sp³-hybridized carbons (Fsp3) is 0.364. The van der Waals surface area contributed by atoms with Crippen molar-refractivity contribution in [1.29, 1.82) is 0 Å². The molecule has 0 saturated heterocycles. The average Bonchev–Trinajstić information content (AvgIpc) is 2.27. The number of aliphatic imine (C=N–C) groups is 1. The van der Waals surface area contributed by atoms with Crippen LogP contribution < -0.4 is 16.4 Å². The van der Waals surface area contributed by atoms with Gasteiger partial charge >= 0.3 is 0 Å². The van der Waals surface area contributed by atoms with E-state index in [9.17, 15) is 0 Å². The monoisotopic (exact) mass is 208 g/mol. The smallest absolute Gasteiger partial charge is 0.188 e. The van der Waals surface area contributed by atoms with Crippen molar-refractivity contribution >= 4 is 5.96 Å². The number of nitrogens with one attached hydrogen (secondary N) is 2. The van der Waals surface area contributed by atoms with Gasteiger partial charge in [0.15, 0.2) is 5.96 Å². The summed E-state index contributed by atoms with van der Waals surface area (Å²) in [5.41, 5.74) is 6.57. The lowest BCUT2D eigenvalue weighted by molar-refractivity contribution is 0.821. The second-order valence-corrected chi connectivity index (χ2v) is 2.85. The molecule has 0 bridgehead atoms. The van der Waals surface area contributed by atoms with E-state index in [0.717, 1.165) is 12.2 Å². The molecule has 15 heavy (non-hydrogen) atoms. The molecule has 4 heteroatoms. The summed E-state index contributed by atoms with van der Waals surface area (Å²) in [4.78, 5) is 3.81. The van der Waals surface area contributed by atoms with Crippen molar-refractivity contribution in [1.82, 2.24) is 10.6 Å². The fourth-order valence-electron chi connectivity index (χ4n) is 0.861. The highest BCUT2D eigenvalue weighted by molar-refractivity contribution is 5.77. The highest BCUT2D eigenvalue weighted by atomic mass is 15.1. The second-order valence-electron chi connectivity index (χ2n) is 2.85. The van der Waals surface area contributed by atoms with Crippen LogP contribution in [0.2, 0.25) is 0 Å². The van der Waals surface area contributed by atoms with Gasteiger partial charge in [0.05, 0.1) is 6.54 Å². The van der Waals surface area contributed by atoms with Crippen LogP contribution in [0.5, 0.6) is 0 Å². The van der Waals surface area contributed by atoms with Gasteiger partial charge in [-0.05, 0) is 13.0 Å². The maximum Gasteiger partial charge on any atom is 0.188 e. The maximum absolute atomic E-state index is 5.52. The van der Waals surface area contributed by atoms with Gasteiger partial charge in [-0.25, -0.2) is 0 Å². The predicted octanol–water partition coefficient (Wildman–Crippen LogP) is 0.756. The van der Waals surface area contributed by atoms with Crippen LogP contribution in [-0.2, 0) is 0 Å². The first kappa shape index (κ1) is 13.3. The largest absolute Gasteiger partial charge is 0.383 e.